The van der Waals surface area contributed by atoms with E-state index in [9.17, 15) is 0 Å². The minimum absolute atomic E-state index is 0.682. The first-order valence-corrected chi connectivity index (χ1v) is 9.01. The van der Waals surface area contributed by atoms with Crippen molar-refractivity contribution in [2.45, 2.75) is 0 Å². The zero-order chi connectivity index (χ0) is 18.5. The van der Waals surface area contributed by atoms with Crippen molar-refractivity contribution in [3.8, 4) is 34.1 Å². The van der Waals surface area contributed by atoms with Gasteiger partial charge in [0.2, 0.25) is 0 Å². The van der Waals surface area contributed by atoms with Gasteiger partial charge in [-0.2, -0.15) is 0 Å². The molecule has 4 rings (SSSR count). The summed E-state index contributed by atoms with van der Waals surface area (Å²) in [6, 6.07) is 33.0. The van der Waals surface area contributed by atoms with Crippen LogP contribution in [-0.4, -0.2) is 0 Å². The molecule has 27 heavy (non-hydrogen) atoms. The van der Waals surface area contributed by atoms with Gasteiger partial charge in [0.05, 0.1) is 0 Å². The highest BCUT2D eigenvalue weighted by Crippen LogP contribution is 2.35. The summed E-state index contributed by atoms with van der Waals surface area (Å²) in [5, 5.41) is 0.682. The van der Waals surface area contributed by atoms with Crippen LogP contribution in [0.3, 0.4) is 0 Å². The van der Waals surface area contributed by atoms with E-state index in [2.05, 4.69) is 0 Å². The summed E-state index contributed by atoms with van der Waals surface area (Å²) in [5.74, 6) is 3.10. The Morgan fingerprint density at radius 2 is 1.19 bits per heavy atom. The number of ether oxygens (including phenoxy) is 2. The van der Waals surface area contributed by atoms with Crippen molar-refractivity contribution >= 4 is 11.6 Å². The van der Waals surface area contributed by atoms with Crippen LogP contribution in [0.4, 0.5) is 0 Å². The Morgan fingerprint density at radius 1 is 0.519 bits per heavy atom. The van der Waals surface area contributed by atoms with Crippen molar-refractivity contribution < 1.29 is 9.47 Å². The first-order chi connectivity index (χ1) is 13.3. The van der Waals surface area contributed by atoms with Gasteiger partial charge in [-0.3, -0.25) is 0 Å². The molecular weight excluding hydrogens is 356 g/mol. The molecule has 132 valence electrons. The smallest absolute Gasteiger partial charge is 0.135 e. The highest BCUT2D eigenvalue weighted by Gasteiger charge is 2.08. The number of halogens is 1. The molecule has 0 aliphatic heterocycles. The van der Waals surface area contributed by atoms with Crippen molar-refractivity contribution in [3.05, 3.63) is 108 Å². The number of hydrogen-bond acceptors (Lipinski definition) is 2. The first-order valence-electron chi connectivity index (χ1n) is 8.64. The SMILES string of the molecule is Clc1ccc(Oc2ccccc2-c2cccc(Oc3ccccc3)c2)cc1. The third-order valence-corrected chi connectivity index (χ3v) is 4.30. The van der Waals surface area contributed by atoms with Gasteiger partial charge >= 0.3 is 0 Å². The van der Waals surface area contributed by atoms with E-state index >= 15 is 0 Å². The molecule has 0 aliphatic rings. The Bertz CT molecular complexity index is 1030. The molecule has 2 nitrogen and oxygen atoms in total. The van der Waals surface area contributed by atoms with Crippen LogP contribution >= 0.6 is 11.6 Å². The van der Waals surface area contributed by atoms with E-state index < -0.39 is 0 Å². The predicted molar refractivity (Wildman–Crippen MR) is 110 cm³/mol. The van der Waals surface area contributed by atoms with Crippen molar-refractivity contribution in [2.75, 3.05) is 0 Å². The average Bonchev–Trinajstić information content (AvgIpc) is 2.71. The molecule has 0 bridgehead atoms. The van der Waals surface area contributed by atoms with Crippen LogP contribution < -0.4 is 9.47 Å². The van der Waals surface area contributed by atoms with Crippen LogP contribution in [0, 0.1) is 0 Å². The minimum atomic E-state index is 0.682. The molecule has 0 heterocycles. The van der Waals surface area contributed by atoms with Crippen molar-refractivity contribution in [1.29, 1.82) is 0 Å². The summed E-state index contributed by atoms with van der Waals surface area (Å²) < 4.78 is 12.0. The second-order valence-electron chi connectivity index (χ2n) is 6.00. The Hall–Kier alpha value is -3.23. The molecule has 0 spiro atoms. The Kier molecular flexibility index (Phi) is 5.08. The van der Waals surface area contributed by atoms with Crippen molar-refractivity contribution in [1.82, 2.24) is 0 Å². The standard InChI is InChI=1S/C24H17ClO2/c25-19-13-15-21(16-14-19)27-24-12-5-4-11-23(24)18-7-6-10-22(17-18)26-20-8-2-1-3-9-20/h1-17H. The van der Waals surface area contributed by atoms with Crippen molar-refractivity contribution in [3.63, 3.8) is 0 Å². The minimum Gasteiger partial charge on any atom is -0.457 e. The quantitative estimate of drug-likeness (QED) is 0.359. The lowest BCUT2D eigenvalue weighted by molar-refractivity contribution is 0.481. The Labute approximate surface area is 163 Å². The van der Waals surface area contributed by atoms with Crippen LogP contribution in [0.1, 0.15) is 0 Å². The van der Waals surface area contributed by atoms with Gasteiger partial charge in [0.15, 0.2) is 0 Å². The van der Waals surface area contributed by atoms with Gasteiger partial charge in [-0.15, -0.1) is 0 Å². The van der Waals surface area contributed by atoms with E-state index in [1.807, 2.05) is 103 Å². The summed E-state index contributed by atoms with van der Waals surface area (Å²) in [6.07, 6.45) is 0. The lowest BCUT2D eigenvalue weighted by atomic mass is 10.0. The summed E-state index contributed by atoms with van der Waals surface area (Å²) in [7, 11) is 0. The fourth-order valence-electron chi connectivity index (χ4n) is 2.78. The molecule has 0 radical (unpaired) electrons. The molecule has 4 aromatic rings. The average molecular weight is 373 g/mol. The summed E-state index contributed by atoms with van der Waals surface area (Å²) in [4.78, 5) is 0. The van der Waals surface area contributed by atoms with Crippen LogP contribution in [0.5, 0.6) is 23.0 Å². The van der Waals surface area contributed by atoms with Gasteiger partial charge in [0, 0.05) is 10.6 Å². The topological polar surface area (TPSA) is 18.5 Å². The van der Waals surface area contributed by atoms with E-state index in [-0.39, 0.29) is 0 Å². The lowest BCUT2D eigenvalue weighted by Crippen LogP contribution is -1.89. The Balaban J connectivity index is 1.63. The molecule has 0 fully saturated rings. The maximum absolute atomic E-state index is 6.08. The highest BCUT2D eigenvalue weighted by molar-refractivity contribution is 6.30. The largest absolute Gasteiger partial charge is 0.457 e. The fraction of sp³-hybridized carbons (Fsp3) is 0. The zero-order valence-corrected chi connectivity index (χ0v) is 15.3. The summed E-state index contributed by atoms with van der Waals surface area (Å²) in [6.45, 7) is 0. The molecule has 3 heteroatoms. The molecule has 0 aliphatic carbocycles. The molecule has 0 N–H and O–H groups in total. The van der Waals surface area contributed by atoms with E-state index in [1.54, 1.807) is 0 Å². The summed E-state index contributed by atoms with van der Waals surface area (Å²) >= 11 is 5.96. The fourth-order valence-corrected chi connectivity index (χ4v) is 2.90. The molecule has 0 atom stereocenters. The predicted octanol–water partition coefficient (Wildman–Crippen LogP) is 7.59. The number of benzene rings is 4. The monoisotopic (exact) mass is 372 g/mol. The highest BCUT2D eigenvalue weighted by atomic mass is 35.5. The number of rotatable bonds is 5. The van der Waals surface area contributed by atoms with Crippen LogP contribution in [0.2, 0.25) is 5.02 Å². The number of para-hydroxylation sites is 2. The third-order valence-electron chi connectivity index (χ3n) is 4.05. The Morgan fingerprint density at radius 3 is 2.00 bits per heavy atom. The zero-order valence-electron chi connectivity index (χ0n) is 14.5. The van der Waals surface area contributed by atoms with Gasteiger partial charge in [-0.25, -0.2) is 0 Å². The molecule has 0 aromatic heterocycles. The number of hydrogen-bond donors (Lipinski definition) is 0. The second-order valence-corrected chi connectivity index (χ2v) is 6.43. The second kappa shape index (κ2) is 7.98. The molecule has 0 amide bonds. The molecule has 4 aromatic carbocycles. The third kappa shape index (κ3) is 4.30. The van der Waals surface area contributed by atoms with Gasteiger partial charge in [0.25, 0.3) is 0 Å². The normalized spacial score (nSPS) is 10.4. The lowest BCUT2D eigenvalue weighted by Gasteiger charge is -2.13. The van der Waals surface area contributed by atoms with E-state index in [4.69, 9.17) is 21.1 Å². The maximum Gasteiger partial charge on any atom is 0.135 e. The maximum atomic E-state index is 6.08. The van der Waals surface area contributed by atoms with E-state index in [0.717, 1.165) is 34.1 Å². The van der Waals surface area contributed by atoms with E-state index in [0.29, 0.717) is 5.02 Å². The van der Waals surface area contributed by atoms with Crippen LogP contribution in [0.25, 0.3) is 11.1 Å². The van der Waals surface area contributed by atoms with Crippen molar-refractivity contribution in [2.24, 2.45) is 0 Å². The van der Waals surface area contributed by atoms with Gasteiger partial charge in [0.1, 0.15) is 23.0 Å². The van der Waals surface area contributed by atoms with E-state index in [1.165, 1.54) is 0 Å². The van der Waals surface area contributed by atoms with Gasteiger partial charge in [-0.1, -0.05) is 60.1 Å². The molecule has 0 saturated heterocycles. The van der Waals surface area contributed by atoms with Crippen LogP contribution in [0.15, 0.2) is 103 Å². The van der Waals surface area contributed by atoms with Gasteiger partial charge in [-0.05, 0) is 60.2 Å². The first kappa shape index (κ1) is 17.2. The van der Waals surface area contributed by atoms with Crippen LogP contribution in [-0.2, 0) is 0 Å². The van der Waals surface area contributed by atoms with Gasteiger partial charge < -0.3 is 9.47 Å². The summed E-state index contributed by atoms with van der Waals surface area (Å²) in [5.41, 5.74) is 2.01. The molecular formula is C24H17ClO2. The molecule has 0 unspecified atom stereocenters. The molecule has 0 saturated carbocycles.